The predicted molar refractivity (Wildman–Crippen MR) is 94.0 cm³/mol. The lowest BCUT2D eigenvalue weighted by Crippen LogP contribution is -2.13. The van der Waals surface area contributed by atoms with Crippen LogP contribution in [0, 0.1) is 0 Å². The van der Waals surface area contributed by atoms with E-state index >= 15 is 0 Å². The van der Waals surface area contributed by atoms with Crippen LogP contribution in [0.25, 0.3) is 0 Å². The molecule has 1 atom stereocenters. The van der Waals surface area contributed by atoms with E-state index in [-0.39, 0.29) is 6.04 Å². The largest absolute Gasteiger partial charge is 0.326 e. The summed E-state index contributed by atoms with van der Waals surface area (Å²) in [6.07, 6.45) is 10.5. The highest BCUT2D eigenvalue weighted by atomic mass is 35.5. The van der Waals surface area contributed by atoms with Gasteiger partial charge in [-0.05, 0) is 54.0 Å². The summed E-state index contributed by atoms with van der Waals surface area (Å²) in [5, 5.41) is 0.855. The van der Waals surface area contributed by atoms with Crippen LogP contribution in [-0.4, -0.2) is 9.55 Å². The molecule has 0 aliphatic heterocycles. The Morgan fingerprint density at radius 3 is 2.43 bits per heavy atom. The van der Waals surface area contributed by atoms with E-state index in [2.05, 4.69) is 45.9 Å². The molecule has 1 unspecified atom stereocenters. The zero-order valence-electron chi connectivity index (χ0n) is 13.0. The zero-order valence-corrected chi connectivity index (χ0v) is 13.7. The molecular weight excluding hydrogens is 304 g/mol. The average Bonchev–Trinajstić information content (AvgIpc) is 3.11. The Kier molecular flexibility index (Phi) is 3.92. The molecule has 3 aromatic rings. The SMILES string of the molecule is Clc1cc2c(cc1C(c1ccccc1)n1ccnc1)CCCC2. The summed E-state index contributed by atoms with van der Waals surface area (Å²) in [5.41, 5.74) is 5.26. The summed E-state index contributed by atoms with van der Waals surface area (Å²) >= 11 is 6.69. The highest BCUT2D eigenvalue weighted by Crippen LogP contribution is 2.35. The Labute approximate surface area is 141 Å². The molecular formula is C20H19ClN2. The lowest BCUT2D eigenvalue weighted by Gasteiger charge is -2.24. The van der Waals surface area contributed by atoms with Gasteiger partial charge >= 0.3 is 0 Å². The Morgan fingerprint density at radius 1 is 1.00 bits per heavy atom. The quantitative estimate of drug-likeness (QED) is 0.659. The molecule has 0 saturated carbocycles. The minimum absolute atomic E-state index is 0.0680. The average molecular weight is 323 g/mol. The van der Waals surface area contributed by atoms with E-state index in [1.54, 1.807) is 0 Å². The minimum Gasteiger partial charge on any atom is -0.326 e. The molecule has 23 heavy (non-hydrogen) atoms. The normalized spacial score (nSPS) is 15.2. The summed E-state index contributed by atoms with van der Waals surface area (Å²) in [6, 6.07) is 15.1. The standard InChI is InChI=1S/C20H19ClN2/c21-19-13-17-9-5-4-8-16(17)12-18(19)20(23-11-10-22-14-23)15-6-2-1-3-7-15/h1-3,6-7,10-14,20H,4-5,8-9H2. The first-order valence-corrected chi connectivity index (χ1v) is 8.54. The molecule has 1 aliphatic rings. The van der Waals surface area contributed by atoms with E-state index in [9.17, 15) is 0 Å². The van der Waals surface area contributed by atoms with Gasteiger partial charge in [0.15, 0.2) is 0 Å². The molecule has 1 aliphatic carbocycles. The number of aromatic nitrogens is 2. The second-order valence-electron chi connectivity index (χ2n) is 6.17. The van der Waals surface area contributed by atoms with Gasteiger partial charge in [0.1, 0.15) is 0 Å². The summed E-state index contributed by atoms with van der Waals surface area (Å²) in [7, 11) is 0. The van der Waals surface area contributed by atoms with Crippen molar-refractivity contribution in [3.63, 3.8) is 0 Å². The first kappa shape index (κ1) is 14.5. The van der Waals surface area contributed by atoms with Crippen LogP contribution in [0.3, 0.4) is 0 Å². The van der Waals surface area contributed by atoms with E-state index in [4.69, 9.17) is 11.6 Å². The van der Waals surface area contributed by atoms with E-state index in [0.29, 0.717) is 0 Å². The lowest BCUT2D eigenvalue weighted by molar-refractivity contribution is 0.661. The van der Waals surface area contributed by atoms with Crippen molar-refractivity contribution in [2.75, 3.05) is 0 Å². The number of halogens is 1. The van der Waals surface area contributed by atoms with Crippen LogP contribution in [0.4, 0.5) is 0 Å². The van der Waals surface area contributed by atoms with Gasteiger partial charge in [0.2, 0.25) is 0 Å². The van der Waals surface area contributed by atoms with Gasteiger partial charge < -0.3 is 4.57 Å². The van der Waals surface area contributed by atoms with Gasteiger partial charge in [-0.3, -0.25) is 0 Å². The van der Waals surface area contributed by atoms with Crippen molar-refractivity contribution in [1.29, 1.82) is 0 Å². The molecule has 0 bridgehead atoms. The Morgan fingerprint density at radius 2 is 1.74 bits per heavy atom. The first-order chi connectivity index (χ1) is 11.3. The van der Waals surface area contributed by atoms with Crippen molar-refractivity contribution < 1.29 is 0 Å². The molecule has 1 heterocycles. The number of hydrogen-bond acceptors (Lipinski definition) is 1. The van der Waals surface area contributed by atoms with Crippen molar-refractivity contribution in [2.45, 2.75) is 31.7 Å². The van der Waals surface area contributed by atoms with Crippen molar-refractivity contribution >= 4 is 11.6 Å². The van der Waals surface area contributed by atoms with Gasteiger partial charge in [0.25, 0.3) is 0 Å². The number of fused-ring (bicyclic) bond motifs is 1. The van der Waals surface area contributed by atoms with E-state index in [1.807, 2.05) is 24.8 Å². The Hall–Kier alpha value is -2.06. The first-order valence-electron chi connectivity index (χ1n) is 8.16. The van der Waals surface area contributed by atoms with Gasteiger partial charge in [-0.15, -0.1) is 0 Å². The fraction of sp³-hybridized carbons (Fsp3) is 0.250. The fourth-order valence-corrected chi connectivity index (χ4v) is 3.84. The number of nitrogens with zero attached hydrogens (tertiary/aromatic N) is 2. The Balaban J connectivity index is 1.87. The molecule has 0 radical (unpaired) electrons. The van der Waals surface area contributed by atoms with Crippen LogP contribution in [-0.2, 0) is 12.8 Å². The summed E-state index contributed by atoms with van der Waals surface area (Å²) < 4.78 is 2.13. The molecule has 116 valence electrons. The molecule has 3 heteroatoms. The van der Waals surface area contributed by atoms with Crippen LogP contribution in [0.15, 0.2) is 61.2 Å². The highest BCUT2D eigenvalue weighted by molar-refractivity contribution is 6.31. The summed E-state index contributed by atoms with van der Waals surface area (Å²) in [5.74, 6) is 0. The molecule has 0 amide bonds. The summed E-state index contributed by atoms with van der Waals surface area (Å²) in [4.78, 5) is 4.23. The predicted octanol–water partition coefficient (Wildman–Crippen LogP) is 5.05. The zero-order chi connectivity index (χ0) is 15.6. The van der Waals surface area contributed by atoms with Crippen LogP contribution in [0.1, 0.15) is 41.1 Å². The van der Waals surface area contributed by atoms with E-state index < -0.39 is 0 Å². The third-order valence-electron chi connectivity index (χ3n) is 4.69. The molecule has 0 saturated heterocycles. The van der Waals surface area contributed by atoms with Crippen molar-refractivity contribution in [1.82, 2.24) is 9.55 Å². The van der Waals surface area contributed by atoms with E-state index in [0.717, 1.165) is 23.4 Å². The number of aryl methyl sites for hydroxylation is 2. The van der Waals surface area contributed by atoms with Crippen LogP contribution < -0.4 is 0 Å². The molecule has 4 rings (SSSR count). The smallest absolute Gasteiger partial charge is 0.0954 e. The Bertz CT molecular complexity index is 794. The topological polar surface area (TPSA) is 17.8 Å². The van der Waals surface area contributed by atoms with Crippen molar-refractivity contribution in [3.8, 4) is 0 Å². The molecule has 0 N–H and O–H groups in total. The van der Waals surface area contributed by atoms with Gasteiger partial charge in [-0.1, -0.05) is 48.0 Å². The van der Waals surface area contributed by atoms with Crippen LogP contribution in [0.5, 0.6) is 0 Å². The van der Waals surface area contributed by atoms with Gasteiger partial charge in [0, 0.05) is 17.4 Å². The van der Waals surface area contributed by atoms with Crippen molar-refractivity contribution in [2.24, 2.45) is 0 Å². The molecule has 2 nitrogen and oxygen atoms in total. The van der Waals surface area contributed by atoms with Crippen LogP contribution in [0.2, 0.25) is 5.02 Å². The maximum atomic E-state index is 6.69. The van der Waals surface area contributed by atoms with Gasteiger partial charge in [-0.25, -0.2) is 4.98 Å². The highest BCUT2D eigenvalue weighted by Gasteiger charge is 2.21. The fourth-order valence-electron chi connectivity index (χ4n) is 3.55. The number of rotatable bonds is 3. The second kappa shape index (κ2) is 6.21. The van der Waals surface area contributed by atoms with Crippen molar-refractivity contribution in [3.05, 3.63) is 88.5 Å². The number of benzene rings is 2. The molecule has 2 aromatic carbocycles. The monoisotopic (exact) mass is 322 g/mol. The molecule has 1 aromatic heterocycles. The van der Waals surface area contributed by atoms with Gasteiger partial charge in [0.05, 0.1) is 12.4 Å². The maximum absolute atomic E-state index is 6.69. The minimum atomic E-state index is 0.0680. The number of hydrogen-bond donors (Lipinski definition) is 0. The third kappa shape index (κ3) is 2.79. The van der Waals surface area contributed by atoms with Crippen LogP contribution >= 0.6 is 11.6 Å². The molecule has 0 spiro atoms. The third-order valence-corrected chi connectivity index (χ3v) is 5.02. The number of imidazole rings is 1. The summed E-state index contributed by atoms with van der Waals surface area (Å²) in [6.45, 7) is 0. The maximum Gasteiger partial charge on any atom is 0.0954 e. The van der Waals surface area contributed by atoms with E-state index in [1.165, 1.54) is 29.5 Å². The molecule has 0 fully saturated rings. The lowest BCUT2D eigenvalue weighted by atomic mass is 9.87. The van der Waals surface area contributed by atoms with Gasteiger partial charge in [-0.2, -0.15) is 0 Å². The second-order valence-corrected chi connectivity index (χ2v) is 6.58.